The van der Waals surface area contributed by atoms with Crippen LogP contribution in [0.2, 0.25) is 0 Å². The Balaban J connectivity index is 1.34. The van der Waals surface area contributed by atoms with Gasteiger partial charge in [-0.05, 0) is 12.1 Å². The maximum atomic E-state index is 12.7. The first-order valence-electron chi connectivity index (χ1n) is 8.54. The van der Waals surface area contributed by atoms with Crippen LogP contribution < -0.4 is 0 Å². The number of nitrogens with zero attached hydrogens (tertiary/aromatic N) is 5. The standard InChI is InChI=1S/C17H19F3N5O/c18-17(19,20)14-3-1-13(2-4-14)16-5-15(26-21-16)6-25-10-22-7-23(11-25)9-24(8-22)12-25/h1-5H,6-12H2/q+1. The van der Waals surface area contributed by atoms with Crippen LogP contribution in [0.5, 0.6) is 0 Å². The molecular formula is C17H19F3N5O+. The molecule has 26 heavy (non-hydrogen) atoms. The molecule has 1 aromatic heterocycles. The minimum atomic E-state index is -4.33. The van der Waals surface area contributed by atoms with Gasteiger partial charge in [-0.15, -0.1) is 0 Å². The number of alkyl halides is 3. The monoisotopic (exact) mass is 366 g/mol. The molecule has 0 aliphatic carbocycles. The number of halogens is 3. The Morgan fingerprint density at radius 1 is 0.962 bits per heavy atom. The van der Waals surface area contributed by atoms with Crippen molar-refractivity contribution in [1.29, 1.82) is 0 Å². The molecule has 4 aliphatic rings. The fourth-order valence-electron chi connectivity index (χ4n) is 4.49. The summed E-state index contributed by atoms with van der Waals surface area (Å²) in [6.45, 7) is 6.75. The molecule has 4 bridgehead atoms. The topological polar surface area (TPSA) is 35.8 Å². The molecule has 1 aromatic carbocycles. The lowest BCUT2D eigenvalue weighted by Crippen LogP contribution is -2.78. The molecule has 6 rings (SSSR count). The van der Waals surface area contributed by atoms with Crippen molar-refractivity contribution in [1.82, 2.24) is 19.9 Å². The van der Waals surface area contributed by atoms with Crippen LogP contribution in [0.15, 0.2) is 34.9 Å². The summed E-state index contributed by atoms with van der Waals surface area (Å²) in [5.74, 6) is 0.769. The number of rotatable bonds is 3. The van der Waals surface area contributed by atoms with Gasteiger partial charge in [-0.1, -0.05) is 17.3 Å². The van der Waals surface area contributed by atoms with Gasteiger partial charge in [-0.25, -0.2) is 14.7 Å². The molecule has 4 saturated heterocycles. The van der Waals surface area contributed by atoms with E-state index in [-0.39, 0.29) is 0 Å². The van der Waals surface area contributed by atoms with E-state index in [1.54, 1.807) is 0 Å². The first-order chi connectivity index (χ1) is 12.4. The normalized spacial score (nSPS) is 33.0. The van der Waals surface area contributed by atoms with Gasteiger partial charge in [0, 0.05) is 11.6 Å². The molecule has 0 saturated carbocycles. The third-order valence-electron chi connectivity index (χ3n) is 5.26. The summed E-state index contributed by atoms with van der Waals surface area (Å²) in [4.78, 5) is 7.26. The lowest BCUT2D eigenvalue weighted by Gasteiger charge is -2.60. The average Bonchev–Trinajstić information content (AvgIpc) is 3.00. The van der Waals surface area contributed by atoms with Crippen LogP contribution in [-0.2, 0) is 12.7 Å². The van der Waals surface area contributed by atoms with Gasteiger partial charge < -0.3 is 4.52 Å². The highest BCUT2D eigenvalue weighted by Gasteiger charge is 2.48. The second-order valence-electron chi connectivity index (χ2n) is 7.61. The molecule has 0 atom stereocenters. The molecule has 4 fully saturated rings. The van der Waals surface area contributed by atoms with Crippen LogP contribution in [0.1, 0.15) is 11.3 Å². The molecule has 0 unspecified atom stereocenters. The van der Waals surface area contributed by atoms with Crippen LogP contribution in [0, 0.1) is 0 Å². The van der Waals surface area contributed by atoms with Crippen molar-refractivity contribution in [2.45, 2.75) is 12.7 Å². The van der Waals surface area contributed by atoms with E-state index >= 15 is 0 Å². The third-order valence-corrected chi connectivity index (χ3v) is 5.26. The van der Waals surface area contributed by atoms with Gasteiger partial charge in [-0.2, -0.15) is 13.2 Å². The predicted molar refractivity (Wildman–Crippen MR) is 85.6 cm³/mol. The zero-order chi connectivity index (χ0) is 17.9. The molecular weight excluding hydrogens is 347 g/mol. The van der Waals surface area contributed by atoms with E-state index in [9.17, 15) is 13.2 Å². The molecule has 4 aliphatic heterocycles. The van der Waals surface area contributed by atoms with Crippen LogP contribution in [-0.4, -0.2) is 64.4 Å². The summed E-state index contributed by atoms with van der Waals surface area (Å²) in [6, 6.07) is 6.87. The molecule has 138 valence electrons. The summed E-state index contributed by atoms with van der Waals surface area (Å²) in [5.41, 5.74) is 0.540. The highest BCUT2D eigenvalue weighted by molar-refractivity contribution is 5.59. The minimum absolute atomic E-state index is 0.573. The van der Waals surface area contributed by atoms with E-state index in [1.165, 1.54) is 12.1 Å². The fourth-order valence-corrected chi connectivity index (χ4v) is 4.49. The smallest absolute Gasteiger partial charge is 0.355 e. The number of quaternary nitrogens is 1. The van der Waals surface area contributed by atoms with Crippen molar-refractivity contribution in [3.63, 3.8) is 0 Å². The van der Waals surface area contributed by atoms with Crippen LogP contribution >= 0.6 is 0 Å². The van der Waals surface area contributed by atoms with E-state index in [0.29, 0.717) is 11.3 Å². The molecule has 0 N–H and O–H groups in total. The summed E-state index contributed by atoms with van der Waals surface area (Å²) in [5, 5.41) is 4.07. The second kappa shape index (κ2) is 5.53. The van der Waals surface area contributed by atoms with Gasteiger partial charge in [0.05, 0.1) is 25.6 Å². The lowest BCUT2D eigenvalue weighted by atomic mass is 10.1. The predicted octanol–water partition coefficient (Wildman–Crippen LogP) is 2.37. The van der Waals surface area contributed by atoms with Crippen molar-refractivity contribution in [3.8, 4) is 11.3 Å². The van der Waals surface area contributed by atoms with Gasteiger partial charge in [-0.3, -0.25) is 4.48 Å². The third kappa shape index (κ3) is 2.81. The molecule has 9 heteroatoms. The maximum absolute atomic E-state index is 12.7. The Labute approximate surface area is 148 Å². The van der Waals surface area contributed by atoms with E-state index < -0.39 is 11.7 Å². The zero-order valence-electron chi connectivity index (χ0n) is 14.1. The average molecular weight is 366 g/mol. The number of hydrogen-bond acceptors (Lipinski definition) is 5. The van der Waals surface area contributed by atoms with Gasteiger partial charge >= 0.3 is 6.18 Å². The Kier molecular flexibility index (Phi) is 3.45. The maximum Gasteiger partial charge on any atom is 0.416 e. The molecule has 5 heterocycles. The van der Waals surface area contributed by atoms with Crippen LogP contribution in [0.4, 0.5) is 13.2 Å². The number of benzene rings is 1. The Morgan fingerprint density at radius 3 is 2.08 bits per heavy atom. The number of hydrogen-bond donors (Lipinski definition) is 0. The molecule has 0 radical (unpaired) electrons. The van der Waals surface area contributed by atoms with Crippen molar-refractivity contribution in [3.05, 3.63) is 41.7 Å². The molecule has 2 aromatic rings. The summed E-state index contributed by atoms with van der Waals surface area (Å²) in [7, 11) is 0. The quantitative estimate of drug-likeness (QED) is 0.780. The first kappa shape index (κ1) is 16.2. The zero-order valence-corrected chi connectivity index (χ0v) is 14.1. The van der Waals surface area contributed by atoms with Gasteiger partial charge in [0.15, 0.2) is 5.76 Å². The van der Waals surface area contributed by atoms with Gasteiger partial charge in [0.1, 0.15) is 32.2 Å². The Hall–Kier alpha value is -1.94. The van der Waals surface area contributed by atoms with E-state index in [0.717, 1.165) is 68.9 Å². The number of aromatic nitrogens is 1. The van der Waals surface area contributed by atoms with Crippen molar-refractivity contribution < 1.29 is 22.2 Å². The van der Waals surface area contributed by atoms with Gasteiger partial charge in [0.25, 0.3) is 0 Å². The van der Waals surface area contributed by atoms with Crippen molar-refractivity contribution in [2.75, 3.05) is 40.0 Å². The SMILES string of the molecule is FC(F)(F)c1ccc(-c2cc(C[N+]34CN5CN(CN(C5)C3)C4)on2)cc1. The van der Waals surface area contributed by atoms with Gasteiger partial charge in [0.2, 0.25) is 0 Å². The Bertz CT molecular complexity index is 781. The van der Waals surface area contributed by atoms with E-state index in [4.69, 9.17) is 4.52 Å². The largest absolute Gasteiger partial charge is 0.416 e. The summed E-state index contributed by atoms with van der Waals surface area (Å²) >= 11 is 0. The molecule has 6 nitrogen and oxygen atoms in total. The minimum Gasteiger partial charge on any atom is -0.355 e. The lowest BCUT2D eigenvalue weighted by molar-refractivity contribution is -0.992. The molecule has 0 spiro atoms. The summed E-state index contributed by atoms with van der Waals surface area (Å²) in [6.07, 6.45) is -4.33. The highest BCUT2D eigenvalue weighted by Crippen LogP contribution is 2.33. The van der Waals surface area contributed by atoms with Crippen molar-refractivity contribution in [2.24, 2.45) is 0 Å². The summed E-state index contributed by atoms with van der Waals surface area (Å²) < 4.78 is 44.5. The van der Waals surface area contributed by atoms with E-state index in [2.05, 4.69) is 19.9 Å². The second-order valence-corrected chi connectivity index (χ2v) is 7.61. The Morgan fingerprint density at radius 2 is 1.54 bits per heavy atom. The highest BCUT2D eigenvalue weighted by atomic mass is 19.4. The first-order valence-corrected chi connectivity index (χ1v) is 8.54. The van der Waals surface area contributed by atoms with Crippen LogP contribution in [0.3, 0.4) is 0 Å². The van der Waals surface area contributed by atoms with Crippen LogP contribution in [0.25, 0.3) is 11.3 Å². The van der Waals surface area contributed by atoms with E-state index in [1.807, 2.05) is 6.07 Å². The molecule has 0 amide bonds. The fraction of sp³-hybridized carbons (Fsp3) is 0.471. The van der Waals surface area contributed by atoms with Crippen molar-refractivity contribution >= 4 is 0 Å².